The Morgan fingerprint density at radius 3 is 2.25 bits per heavy atom. The Morgan fingerprint density at radius 2 is 1.83 bits per heavy atom. The van der Waals surface area contributed by atoms with Crippen LogP contribution in [0.5, 0.6) is 0 Å². The normalized spacial score (nSPS) is 8.83. The van der Waals surface area contributed by atoms with Gasteiger partial charge in [0.05, 0.1) is 11.7 Å². The summed E-state index contributed by atoms with van der Waals surface area (Å²) in [6.45, 7) is 0. The first-order valence-electron chi connectivity index (χ1n) is 3.64. The molecule has 1 aromatic rings. The lowest BCUT2D eigenvalue weighted by molar-refractivity contribution is 1.13. The summed E-state index contributed by atoms with van der Waals surface area (Å²) in [7, 11) is 3.96. The lowest BCUT2D eigenvalue weighted by atomic mass is 10.3. The maximum absolute atomic E-state index is 6.65. The van der Waals surface area contributed by atoms with Crippen LogP contribution >= 0.6 is 0 Å². The molecule has 0 heterocycles. The Balaban J connectivity index is 2.92. The van der Waals surface area contributed by atoms with Crippen molar-refractivity contribution in [3.63, 3.8) is 0 Å². The van der Waals surface area contributed by atoms with Gasteiger partial charge in [-0.3, -0.25) is 0 Å². The molecule has 0 atom stereocenters. The van der Waals surface area contributed by atoms with E-state index in [4.69, 9.17) is 5.41 Å². The molecule has 0 saturated carbocycles. The lowest BCUT2D eigenvalue weighted by Crippen LogP contribution is -2.07. The van der Waals surface area contributed by atoms with Crippen LogP contribution in [0.4, 0.5) is 11.4 Å². The minimum absolute atomic E-state index is 0.760. The highest BCUT2D eigenvalue weighted by Crippen LogP contribution is 2.16. The van der Waals surface area contributed by atoms with Crippen molar-refractivity contribution in [3.8, 4) is 0 Å². The van der Waals surface area contributed by atoms with Crippen molar-refractivity contribution < 1.29 is 0 Å². The van der Waals surface area contributed by atoms with Crippen molar-refractivity contribution in [2.45, 2.75) is 0 Å². The van der Waals surface area contributed by atoms with Crippen LogP contribution in [0, 0.1) is 5.41 Å². The van der Waals surface area contributed by atoms with Crippen molar-refractivity contribution in [3.05, 3.63) is 24.3 Å². The summed E-state index contributed by atoms with van der Waals surface area (Å²) in [6.07, 6.45) is 0. The Morgan fingerprint density at radius 1 is 1.25 bits per heavy atom. The molecule has 0 spiro atoms. The molecule has 12 heavy (non-hydrogen) atoms. The fraction of sp³-hybridized carbons (Fsp3) is 0.222. The minimum atomic E-state index is 0.760. The highest BCUT2D eigenvalue weighted by Gasteiger charge is 1.93. The zero-order chi connectivity index (χ0) is 8.97. The van der Waals surface area contributed by atoms with Crippen molar-refractivity contribution in [1.29, 1.82) is 5.41 Å². The Hall–Kier alpha value is -1.60. The first-order chi connectivity index (χ1) is 5.74. The Labute approximate surface area is 71.9 Å². The van der Waals surface area contributed by atoms with E-state index in [1.807, 2.05) is 49.3 Å². The summed E-state index contributed by atoms with van der Waals surface area (Å²) in [5.74, 6) is 0. The number of hydrogen-bond acceptors (Lipinski definition) is 3. The van der Waals surface area contributed by atoms with Crippen LogP contribution in [0.2, 0.25) is 0 Å². The monoisotopic (exact) mass is 161 g/mol. The highest BCUT2D eigenvalue weighted by atomic mass is 15.1. The van der Waals surface area contributed by atoms with E-state index in [0.717, 1.165) is 11.4 Å². The SMILES string of the molecule is CN(C)c1ccc(N=C=N)cc1. The lowest BCUT2D eigenvalue weighted by Gasteiger charge is -2.11. The number of nitrogens with one attached hydrogen (secondary N) is 1. The van der Waals surface area contributed by atoms with Gasteiger partial charge in [-0.05, 0) is 24.3 Å². The van der Waals surface area contributed by atoms with E-state index in [0.29, 0.717) is 0 Å². The average molecular weight is 161 g/mol. The molecular weight excluding hydrogens is 150 g/mol. The Bertz CT molecular complexity index is 294. The van der Waals surface area contributed by atoms with Gasteiger partial charge in [0, 0.05) is 19.8 Å². The second-order valence-electron chi connectivity index (χ2n) is 2.63. The number of anilines is 1. The highest BCUT2D eigenvalue weighted by molar-refractivity contribution is 5.55. The zero-order valence-corrected chi connectivity index (χ0v) is 7.20. The second-order valence-corrected chi connectivity index (χ2v) is 2.63. The van der Waals surface area contributed by atoms with E-state index in [-0.39, 0.29) is 0 Å². The molecule has 3 nitrogen and oxygen atoms in total. The molecule has 0 fully saturated rings. The molecule has 3 heteroatoms. The predicted octanol–water partition coefficient (Wildman–Crippen LogP) is 2.14. The van der Waals surface area contributed by atoms with Crippen LogP contribution in [0.25, 0.3) is 0 Å². The van der Waals surface area contributed by atoms with Crippen LogP contribution in [0.3, 0.4) is 0 Å². The van der Waals surface area contributed by atoms with Gasteiger partial charge in [0.1, 0.15) is 0 Å². The molecule has 0 aliphatic carbocycles. The van der Waals surface area contributed by atoms with Crippen LogP contribution in [-0.4, -0.2) is 20.1 Å². The maximum atomic E-state index is 6.65. The quantitative estimate of drug-likeness (QED) is 0.663. The topological polar surface area (TPSA) is 39.5 Å². The molecule has 0 aliphatic heterocycles. The van der Waals surface area contributed by atoms with E-state index in [2.05, 4.69) is 4.99 Å². The molecule has 1 N–H and O–H groups in total. The third-order valence-electron chi connectivity index (χ3n) is 1.55. The molecule has 1 aromatic carbocycles. The summed E-state index contributed by atoms with van der Waals surface area (Å²) in [6, 6.07) is 9.62. The smallest absolute Gasteiger partial charge is 0.0918 e. The molecule has 0 unspecified atom stereocenters. The van der Waals surface area contributed by atoms with Crippen molar-refractivity contribution in [1.82, 2.24) is 0 Å². The fourth-order valence-electron chi connectivity index (χ4n) is 0.890. The van der Waals surface area contributed by atoms with E-state index in [1.54, 1.807) is 0 Å². The molecule has 0 bridgehead atoms. The van der Waals surface area contributed by atoms with E-state index >= 15 is 0 Å². The maximum Gasteiger partial charge on any atom is 0.0918 e. The molecular formula is C9H11N3. The molecule has 0 radical (unpaired) electrons. The third kappa shape index (κ3) is 1.94. The summed E-state index contributed by atoms with van der Waals surface area (Å²) in [5, 5.41) is 6.65. The molecule has 0 aliphatic rings. The van der Waals surface area contributed by atoms with Gasteiger partial charge in [0.15, 0.2) is 0 Å². The van der Waals surface area contributed by atoms with Gasteiger partial charge in [0.2, 0.25) is 0 Å². The van der Waals surface area contributed by atoms with Crippen LogP contribution in [-0.2, 0) is 0 Å². The minimum Gasteiger partial charge on any atom is -0.378 e. The standard InChI is InChI=1S/C9H11N3/c1-12(2)9-5-3-8(4-6-9)11-7-10/h3-6,10H,1-2H3. The number of hydrogen-bond donors (Lipinski definition) is 1. The predicted molar refractivity (Wildman–Crippen MR) is 50.6 cm³/mol. The first kappa shape index (κ1) is 8.50. The van der Waals surface area contributed by atoms with E-state index in [9.17, 15) is 0 Å². The molecule has 0 amide bonds. The molecule has 0 aromatic heterocycles. The number of aliphatic imine (C=N–C) groups is 1. The summed E-state index contributed by atoms with van der Waals surface area (Å²) >= 11 is 0. The largest absolute Gasteiger partial charge is 0.378 e. The van der Waals surface area contributed by atoms with E-state index < -0.39 is 0 Å². The molecule has 1 rings (SSSR count). The second kappa shape index (κ2) is 3.69. The Kier molecular flexibility index (Phi) is 2.62. The van der Waals surface area contributed by atoms with Crippen LogP contribution in [0.1, 0.15) is 0 Å². The van der Waals surface area contributed by atoms with Gasteiger partial charge in [0.25, 0.3) is 0 Å². The number of nitrogens with zero attached hydrogens (tertiary/aromatic N) is 2. The van der Waals surface area contributed by atoms with Gasteiger partial charge < -0.3 is 4.90 Å². The average Bonchev–Trinajstić information content (AvgIpc) is 2.06. The summed E-state index contributed by atoms with van der Waals surface area (Å²) < 4.78 is 0. The number of benzene rings is 1. The summed E-state index contributed by atoms with van der Waals surface area (Å²) in [4.78, 5) is 5.72. The third-order valence-corrected chi connectivity index (χ3v) is 1.55. The zero-order valence-electron chi connectivity index (χ0n) is 7.20. The van der Waals surface area contributed by atoms with Gasteiger partial charge in [-0.2, -0.15) is 4.99 Å². The first-order valence-corrected chi connectivity index (χ1v) is 3.64. The van der Waals surface area contributed by atoms with Gasteiger partial charge in [-0.1, -0.05) is 0 Å². The fourth-order valence-corrected chi connectivity index (χ4v) is 0.890. The van der Waals surface area contributed by atoms with Crippen LogP contribution in [0.15, 0.2) is 29.3 Å². The molecule has 62 valence electrons. The van der Waals surface area contributed by atoms with Gasteiger partial charge >= 0.3 is 0 Å². The summed E-state index contributed by atoms with van der Waals surface area (Å²) in [5.41, 5.74) is 1.88. The van der Waals surface area contributed by atoms with Crippen molar-refractivity contribution in [2.24, 2.45) is 4.99 Å². The van der Waals surface area contributed by atoms with Crippen molar-refractivity contribution in [2.75, 3.05) is 19.0 Å². The molecule has 0 saturated heterocycles. The van der Waals surface area contributed by atoms with Crippen LogP contribution < -0.4 is 4.90 Å². The van der Waals surface area contributed by atoms with E-state index in [1.165, 1.54) is 0 Å². The van der Waals surface area contributed by atoms with Gasteiger partial charge in [-0.15, -0.1) is 0 Å². The van der Waals surface area contributed by atoms with Crippen molar-refractivity contribution >= 4 is 17.4 Å². The number of rotatable bonds is 2. The van der Waals surface area contributed by atoms with Gasteiger partial charge in [-0.25, -0.2) is 5.41 Å².